The number of benzene rings is 1. The number of hydrogen-bond donors (Lipinski definition) is 4. The van der Waals surface area contributed by atoms with Crippen LogP contribution < -0.4 is 10.5 Å². The predicted molar refractivity (Wildman–Crippen MR) is 138 cm³/mol. The van der Waals surface area contributed by atoms with E-state index in [-0.39, 0.29) is 23.2 Å². The third kappa shape index (κ3) is 5.15. The molecule has 4 aromatic rings. The summed E-state index contributed by atoms with van der Waals surface area (Å²) in [6, 6.07) is 4.47. The van der Waals surface area contributed by atoms with Gasteiger partial charge < -0.3 is 25.8 Å². The molecule has 14 heteroatoms. The maximum Gasteiger partial charge on any atom is 0.387 e. The molecule has 3 aromatic heterocycles. The van der Waals surface area contributed by atoms with E-state index in [4.69, 9.17) is 5.73 Å². The minimum atomic E-state index is -3.39. The molecule has 0 spiro atoms. The Balaban J connectivity index is 1.73. The van der Waals surface area contributed by atoms with Gasteiger partial charge in [-0.15, -0.1) is 0 Å². The van der Waals surface area contributed by atoms with E-state index in [2.05, 4.69) is 19.8 Å². The second-order valence-electron chi connectivity index (χ2n) is 10.5. The number of nitrogens with two attached hydrogens (primary N) is 1. The van der Waals surface area contributed by atoms with Crippen LogP contribution in [0.25, 0.3) is 16.6 Å². The summed E-state index contributed by atoms with van der Waals surface area (Å²) < 4.78 is 47.7. The molecule has 2 unspecified atom stereocenters. The highest BCUT2D eigenvalue weighted by Crippen LogP contribution is 2.52. The van der Waals surface area contributed by atoms with E-state index >= 15 is 0 Å². The minimum Gasteiger partial charge on any atom is -0.431 e. The van der Waals surface area contributed by atoms with Crippen LogP contribution in [0.4, 0.5) is 13.2 Å². The van der Waals surface area contributed by atoms with Crippen LogP contribution >= 0.6 is 0 Å². The van der Waals surface area contributed by atoms with Gasteiger partial charge in [-0.05, 0) is 57.1 Å². The van der Waals surface area contributed by atoms with Gasteiger partial charge in [-0.2, -0.15) is 13.9 Å². The van der Waals surface area contributed by atoms with Crippen molar-refractivity contribution in [3.63, 3.8) is 0 Å². The number of carbonyl (C=O) groups excluding carboxylic acids is 1. The second kappa shape index (κ2) is 10.2. The molecule has 5 N–H and O–H groups in total. The first kappa shape index (κ1) is 28.6. The number of pyridine rings is 1. The van der Waals surface area contributed by atoms with Crippen LogP contribution in [0.2, 0.25) is 0 Å². The van der Waals surface area contributed by atoms with Crippen molar-refractivity contribution in [2.45, 2.75) is 50.5 Å². The zero-order valence-electron chi connectivity index (χ0n) is 22.2. The second-order valence-corrected chi connectivity index (χ2v) is 10.5. The number of hydrogen-bond acceptors (Lipinski definition) is 10. The molecule has 11 nitrogen and oxygen atoms in total. The van der Waals surface area contributed by atoms with E-state index in [1.165, 1.54) is 11.6 Å². The third-order valence-electron chi connectivity index (χ3n) is 7.19. The van der Waals surface area contributed by atoms with Crippen molar-refractivity contribution in [1.29, 1.82) is 0 Å². The molecule has 3 heterocycles. The fraction of sp³-hybridized carbons (Fsp3) is 0.333. The first-order valence-electron chi connectivity index (χ1n) is 12.5. The first-order valence-corrected chi connectivity index (χ1v) is 12.5. The van der Waals surface area contributed by atoms with Crippen LogP contribution in [0.5, 0.6) is 5.75 Å². The lowest BCUT2D eigenvalue weighted by Gasteiger charge is -2.31. The summed E-state index contributed by atoms with van der Waals surface area (Å²) in [5, 5.41) is 34.4. The van der Waals surface area contributed by atoms with Crippen molar-refractivity contribution >= 4 is 11.8 Å². The Labute approximate surface area is 231 Å². The number of aliphatic hydroxyl groups is 3. The molecule has 0 saturated carbocycles. The van der Waals surface area contributed by atoms with Gasteiger partial charge in [0.2, 0.25) is 0 Å². The highest BCUT2D eigenvalue weighted by Gasteiger charge is 2.45. The van der Waals surface area contributed by atoms with E-state index < -0.39 is 41.8 Å². The fourth-order valence-electron chi connectivity index (χ4n) is 5.20. The van der Waals surface area contributed by atoms with Gasteiger partial charge in [-0.3, -0.25) is 4.79 Å². The lowest BCUT2D eigenvalue weighted by Crippen LogP contribution is -2.47. The number of fused-ring (bicyclic) bond motifs is 3. The van der Waals surface area contributed by atoms with Gasteiger partial charge in [0, 0.05) is 46.8 Å². The van der Waals surface area contributed by atoms with Crippen molar-refractivity contribution in [2.24, 2.45) is 5.73 Å². The number of carbonyl (C=O) groups is 1. The van der Waals surface area contributed by atoms with E-state index in [0.717, 1.165) is 17.0 Å². The lowest BCUT2D eigenvalue weighted by molar-refractivity contribution is -0.396. The number of halogens is 3. The van der Waals surface area contributed by atoms with Gasteiger partial charge in [-0.1, -0.05) is 0 Å². The van der Waals surface area contributed by atoms with E-state index in [1.54, 1.807) is 44.6 Å². The van der Waals surface area contributed by atoms with Crippen LogP contribution in [-0.4, -0.2) is 65.8 Å². The number of aromatic nitrogens is 4. The summed E-state index contributed by atoms with van der Waals surface area (Å²) >= 11 is 0. The molecule has 0 radical (unpaired) electrons. The summed E-state index contributed by atoms with van der Waals surface area (Å²) in [5.74, 6) is -2.47. The molecule has 0 bridgehead atoms. The largest absolute Gasteiger partial charge is 0.431 e. The SMILES string of the molecule is CN(C1CC(c2c(C=O)ccc(F)c2OC(F)F)c2c1nn1ccc(-c3cnc(C(C)(C)N)nc3)cc21)C(O)(O)O. The number of aldehydes is 1. The summed E-state index contributed by atoms with van der Waals surface area (Å²) in [6.45, 7) is 0.146. The van der Waals surface area contributed by atoms with Gasteiger partial charge >= 0.3 is 12.7 Å². The minimum absolute atomic E-state index is 0.0917. The molecule has 1 aliphatic rings. The number of rotatable bonds is 8. The first-order chi connectivity index (χ1) is 19.2. The molecule has 41 heavy (non-hydrogen) atoms. The van der Waals surface area contributed by atoms with Crippen LogP contribution in [0.1, 0.15) is 65.2 Å². The smallest absolute Gasteiger partial charge is 0.387 e. The van der Waals surface area contributed by atoms with Crippen LogP contribution in [0, 0.1) is 5.82 Å². The molecular weight excluding hydrogens is 545 g/mol. The Morgan fingerprint density at radius 1 is 1.15 bits per heavy atom. The molecule has 0 fully saturated rings. The maximum absolute atomic E-state index is 14.9. The monoisotopic (exact) mass is 572 g/mol. The Morgan fingerprint density at radius 2 is 1.83 bits per heavy atom. The van der Waals surface area contributed by atoms with Crippen LogP contribution in [0.3, 0.4) is 0 Å². The molecule has 0 amide bonds. The molecule has 2 atom stereocenters. The molecule has 0 aliphatic heterocycles. The summed E-state index contributed by atoms with van der Waals surface area (Å²) in [5.41, 5.74) is 7.42. The van der Waals surface area contributed by atoms with Crippen molar-refractivity contribution in [1.82, 2.24) is 24.5 Å². The molecule has 1 aliphatic carbocycles. The highest BCUT2D eigenvalue weighted by molar-refractivity contribution is 5.81. The third-order valence-corrected chi connectivity index (χ3v) is 7.19. The standard InChI is InChI=1S/C27H27F3N6O5/c1-26(2,31)24-32-10-15(11-33-24)13-6-7-36-18(8-13)21-16(9-19(22(21)34-36)35(3)27(38,39)40)20-14(12-37)4-5-17(28)23(20)41-25(29)30/h4-8,10-12,16,19,25,38-40H,9,31H2,1-3H3. The quantitative estimate of drug-likeness (QED) is 0.183. The fourth-order valence-corrected chi connectivity index (χ4v) is 5.20. The van der Waals surface area contributed by atoms with Gasteiger partial charge in [-0.25, -0.2) is 23.8 Å². The number of alkyl halides is 2. The van der Waals surface area contributed by atoms with Crippen LogP contribution in [-0.2, 0) is 5.54 Å². The van der Waals surface area contributed by atoms with Crippen molar-refractivity contribution in [3.05, 3.63) is 76.9 Å². The molecule has 0 saturated heterocycles. The number of ether oxygens (including phenoxy) is 1. The van der Waals surface area contributed by atoms with E-state index in [1.807, 2.05) is 0 Å². The Bertz CT molecular complexity index is 1620. The lowest BCUT2D eigenvalue weighted by atomic mass is 9.88. The summed E-state index contributed by atoms with van der Waals surface area (Å²) in [6.07, 6.45) is 1.84. The average Bonchev–Trinajstić information content (AvgIpc) is 3.45. The van der Waals surface area contributed by atoms with Crippen molar-refractivity contribution < 1.29 is 38.0 Å². The zero-order chi connectivity index (χ0) is 29.9. The Morgan fingerprint density at radius 3 is 2.41 bits per heavy atom. The Hall–Kier alpha value is -3.95. The van der Waals surface area contributed by atoms with Crippen LogP contribution in [0.15, 0.2) is 42.9 Å². The van der Waals surface area contributed by atoms with E-state index in [0.29, 0.717) is 34.3 Å². The molecular formula is C27H27F3N6O5. The summed E-state index contributed by atoms with van der Waals surface area (Å²) in [7, 11) is 1.22. The molecule has 1 aromatic carbocycles. The number of nitrogens with zero attached hydrogens (tertiary/aromatic N) is 5. The average molecular weight is 573 g/mol. The van der Waals surface area contributed by atoms with Gasteiger partial charge in [0.15, 0.2) is 11.6 Å². The Kier molecular flexibility index (Phi) is 7.07. The van der Waals surface area contributed by atoms with Gasteiger partial charge in [0.05, 0.1) is 22.8 Å². The van der Waals surface area contributed by atoms with Gasteiger partial charge in [0.1, 0.15) is 12.1 Å². The predicted octanol–water partition coefficient (Wildman–Crippen LogP) is 2.63. The maximum atomic E-state index is 14.9. The molecule has 216 valence electrons. The summed E-state index contributed by atoms with van der Waals surface area (Å²) in [4.78, 5) is 21.5. The zero-order valence-corrected chi connectivity index (χ0v) is 22.2. The van der Waals surface area contributed by atoms with Gasteiger partial charge in [0.25, 0.3) is 0 Å². The highest BCUT2D eigenvalue weighted by atomic mass is 19.3. The van der Waals surface area contributed by atoms with E-state index in [9.17, 15) is 33.3 Å². The normalized spacial score (nSPS) is 17.5. The molecule has 5 rings (SSSR count). The van der Waals surface area contributed by atoms with Crippen molar-refractivity contribution in [2.75, 3.05) is 7.05 Å². The van der Waals surface area contributed by atoms with Crippen molar-refractivity contribution in [3.8, 4) is 16.9 Å². The topological polar surface area (TPSA) is 159 Å².